The van der Waals surface area contributed by atoms with Gasteiger partial charge in [0.15, 0.2) is 0 Å². The normalized spacial score (nSPS) is 26.5. The third-order valence-electron chi connectivity index (χ3n) is 4.07. The molecule has 3 rings (SSSR count). The van der Waals surface area contributed by atoms with Crippen LogP contribution in [0.25, 0.3) is 0 Å². The summed E-state index contributed by atoms with van der Waals surface area (Å²) in [6.45, 7) is 3.00. The molecule has 2 aliphatic heterocycles. The van der Waals surface area contributed by atoms with E-state index >= 15 is 0 Å². The SMILES string of the molecule is Cc1ccc2c(c1)N1CCC(C(=O)O)CC1C2. The van der Waals surface area contributed by atoms with E-state index in [1.54, 1.807) is 0 Å². The lowest BCUT2D eigenvalue weighted by Gasteiger charge is -2.35. The number of piperidine rings is 1. The summed E-state index contributed by atoms with van der Waals surface area (Å²) in [7, 11) is 0. The summed E-state index contributed by atoms with van der Waals surface area (Å²) >= 11 is 0. The fraction of sp³-hybridized carbons (Fsp3) is 0.500. The molecule has 0 saturated carbocycles. The molecule has 3 heteroatoms. The first kappa shape index (κ1) is 10.6. The molecular formula is C14H17NO2. The maximum Gasteiger partial charge on any atom is 0.306 e. The first-order valence-corrected chi connectivity index (χ1v) is 6.24. The predicted molar refractivity (Wildman–Crippen MR) is 66.4 cm³/mol. The fourth-order valence-electron chi connectivity index (χ4n) is 3.15. The standard InChI is InChI=1S/C14H17NO2/c1-9-2-3-10-7-12-8-11(14(16)17)4-5-15(12)13(10)6-9/h2-3,6,11-12H,4-5,7-8H2,1H3,(H,16,17). The van der Waals surface area contributed by atoms with Crippen LogP contribution in [0.2, 0.25) is 0 Å². The van der Waals surface area contributed by atoms with Crippen molar-refractivity contribution in [2.24, 2.45) is 5.92 Å². The number of nitrogens with zero attached hydrogens (tertiary/aromatic N) is 1. The molecule has 2 atom stereocenters. The van der Waals surface area contributed by atoms with E-state index in [2.05, 4.69) is 30.0 Å². The molecule has 0 spiro atoms. The van der Waals surface area contributed by atoms with Crippen LogP contribution in [0.1, 0.15) is 24.0 Å². The molecule has 1 aromatic carbocycles. The fourth-order valence-corrected chi connectivity index (χ4v) is 3.15. The van der Waals surface area contributed by atoms with E-state index in [0.717, 1.165) is 25.8 Å². The van der Waals surface area contributed by atoms with Gasteiger partial charge in [-0.3, -0.25) is 4.79 Å². The van der Waals surface area contributed by atoms with Crippen molar-refractivity contribution in [2.45, 2.75) is 32.2 Å². The van der Waals surface area contributed by atoms with Gasteiger partial charge < -0.3 is 10.0 Å². The molecule has 0 bridgehead atoms. The smallest absolute Gasteiger partial charge is 0.306 e. The number of carboxylic acid groups (broad SMARTS) is 1. The quantitative estimate of drug-likeness (QED) is 0.805. The minimum Gasteiger partial charge on any atom is -0.481 e. The molecule has 1 aromatic rings. The first-order valence-electron chi connectivity index (χ1n) is 6.24. The second-order valence-corrected chi connectivity index (χ2v) is 5.24. The third-order valence-corrected chi connectivity index (χ3v) is 4.07. The van der Waals surface area contributed by atoms with E-state index in [4.69, 9.17) is 5.11 Å². The van der Waals surface area contributed by atoms with Crippen LogP contribution in [-0.2, 0) is 11.2 Å². The van der Waals surface area contributed by atoms with Gasteiger partial charge in [0.05, 0.1) is 5.92 Å². The number of carboxylic acids is 1. The minimum absolute atomic E-state index is 0.147. The average molecular weight is 231 g/mol. The Bertz CT molecular complexity index is 469. The highest BCUT2D eigenvalue weighted by molar-refractivity contribution is 5.71. The first-order chi connectivity index (χ1) is 8.15. The molecule has 2 unspecified atom stereocenters. The number of fused-ring (bicyclic) bond motifs is 3. The van der Waals surface area contributed by atoms with Crippen LogP contribution in [0.15, 0.2) is 18.2 Å². The zero-order chi connectivity index (χ0) is 12.0. The zero-order valence-electron chi connectivity index (χ0n) is 10.0. The van der Waals surface area contributed by atoms with Gasteiger partial charge in [-0.15, -0.1) is 0 Å². The predicted octanol–water partition coefficient (Wildman–Crippen LogP) is 2.22. The largest absolute Gasteiger partial charge is 0.481 e. The molecule has 0 amide bonds. The maximum absolute atomic E-state index is 11.1. The summed E-state index contributed by atoms with van der Waals surface area (Å²) in [4.78, 5) is 13.5. The van der Waals surface area contributed by atoms with Gasteiger partial charge in [0.1, 0.15) is 0 Å². The van der Waals surface area contributed by atoms with Crippen LogP contribution < -0.4 is 4.90 Å². The molecule has 0 radical (unpaired) electrons. The van der Waals surface area contributed by atoms with Gasteiger partial charge in [-0.1, -0.05) is 12.1 Å². The zero-order valence-corrected chi connectivity index (χ0v) is 10.0. The Kier molecular flexibility index (Phi) is 2.35. The Morgan fingerprint density at radius 3 is 3.06 bits per heavy atom. The van der Waals surface area contributed by atoms with E-state index in [1.807, 2.05) is 0 Å². The number of benzene rings is 1. The summed E-state index contributed by atoms with van der Waals surface area (Å²) in [5.74, 6) is -0.775. The molecule has 0 aliphatic carbocycles. The molecule has 0 aromatic heterocycles. The monoisotopic (exact) mass is 231 g/mol. The third kappa shape index (κ3) is 1.70. The van der Waals surface area contributed by atoms with Gasteiger partial charge in [-0.2, -0.15) is 0 Å². The van der Waals surface area contributed by atoms with E-state index in [9.17, 15) is 4.79 Å². The van der Waals surface area contributed by atoms with Crippen LogP contribution in [0.4, 0.5) is 5.69 Å². The van der Waals surface area contributed by atoms with Crippen molar-refractivity contribution >= 4 is 11.7 Å². The Hall–Kier alpha value is -1.51. The highest BCUT2D eigenvalue weighted by atomic mass is 16.4. The van der Waals surface area contributed by atoms with Crippen molar-refractivity contribution in [3.05, 3.63) is 29.3 Å². The summed E-state index contributed by atoms with van der Waals surface area (Å²) in [5.41, 5.74) is 4.00. The summed E-state index contributed by atoms with van der Waals surface area (Å²) < 4.78 is 0. The number of hydrogen-bond donors (Lipinski definition) is 1. The van der Waals surface area contributed by atoms with Crippen molar-refractivity contribution in [2.75, 3.05) is 11.4 Å². The molecule has 90 valence electrons. The second-order valence-electron chi connectivity index (χ2n) is 5.24. The molecule has 1 N–H and O–H groups in total. The van der Waals surface area contributed by atoms with Gasteiger partial charge in [0, 0.05) is 18.3 Å². The van der Waals surface area contributed by atoms with Gasteiger partial charge in [-0.05, 0) is 43.4 Å². The lowest BCUT2D eigenvalue weighted by Crippen LogP contribution is -2.42. The number of anilines is 1. The van der Waals surface area contributed by atoms with E-state index in [-0.39, 0.29) is 5.92 Å². The highest BCUT2D eigenvalue weighted by Crippen LogP contribution is 2.38. The number of rotatable bonds is 1. The number of carbonyl (C=O) groups is 1. The number of aliphatic carboxylic acids is 1. The molecule has 2 aliphatic rings. The summed E-state index contributed by atoms with van der Waals surface area (Å²) in [6.07, 6.45) is 2.58. The Morgan fingerprint density at radius 1 is 1.47 bits per heavy atom. The van der Waals surface area contributed by atoms with Gasteiger partial charge in [0.25, 0.3) is 0 Å². The van der Waals surface area contributed by atoms with Crippen LogP contribution in [0.3, 0.4) is 0 Å². The van der Waals surface area contributed by atoms with E-state index in [0.29, 0.717) is 6.04 Å². The van der Waals surface area contributed by atoms with Crippen molar-refractivity contribution in [1.82, 2.24) is 0 Å². The number of aryl methyl sites for hydroxylation is 1. The minimum atomic E-state index is -0.628. The second kappa shape index (κ2) is 3.76. The lowest BCUT2D eigenvalue weighted by atomic mass is 9.91. The van der Waals surface area contributed by atoms with Crippen LogP contribution in [0.5, 0.6) is 0 Å². The molecule has 1 saturated heterocycles. The molecule has 3 nitrogen and oxygen atoms in total. The van der Waals surface area contributed by atoms with E-state index < -0.39 is 5.97 Å². The average Bonchev–Trinajstić information content (AvgIpc) is 2.66. The van der Waals surface area contributed by atoms with Crippen molar-refractivity contribution in [1.29, 1.82) is 0 Å². The Labute approximate surface area is 101 Å². The molecule has 1 fully saturated rings. The van der Waals surface area contributed by atoms with Crippen molar-refractivity contribution < 1.29 is 9.90 Å². The molecule has 17 heavy (non-hydrogen) atoms. The molecule has 2 heterocycles. The lowest BCUT2D eigenvalue weighted by molar-refractivity contribution is -0.142. The Morgan fingerprint density at radius 2 is 2.29 bits per heavy atom. The topological polar surface area (TPSA) is 40.5 Å². The van der Waals surface area contributed by atoms with Crippen molar-refractivity contribution in [3.63, 3.8) is 0 Å². The van der Waals surface area contributed by atoms with Crippen LogP contribution in [0, 0.1) is 12.8 Å². The van der Waals surface area contributed by atoms with Crippen molar-refractivity contribution in [3.8, 4) is 0 Å². The van der Waals surface area contributed by atoms with Gasteiger partial charge >= 0.3 is 5.97 Å². The maximum atomic E-state index is 11.1. The van der Waals surface area contributed by atoms with E-state index in [1.165, 1.54) is 16.8 Å². The molecular weight excluding hydrogens is 214 g/mol. The van der Waals surface area contributed by atoms with Gasteiger partial charge in [-0.25, -0.2) is 0 Å². The summed E-state index contributed by atoms with van der Waals surface area (Å²) in [6, 6.07) is 6.97. The highest BCUT2D eigenvalue weighted by Gasteiger charge is 2.37. The summed E-state index contributed by atoms with van der Waals surface area (Å²) in [5, 5.41) is 9.10. The Balaban J connectivity index is 1.87. The van der Waals surface area contributed by atoms with Crippen LogP contribution >= 0.6 is 0 Å². The van der Waals surface area contributed by atoms with Gasteiger partial charge in [0.2, 0.25) is 0 Å². The van der Waals surface area contributed by atoms with Crippen LogP contribution in [-0.4, -0.2) is 23.7 Å². The number of hydrogen-bond acceptors (Lipinski definition) is 2.